The summed E-state index contributed by atoms with van der Waals surface area (Å²) in [5, 5.41) is 20.7. The van der Waals surface area contributed by atoms with Gasteiger partial charge in [0.05, 0.1) is 0 Å². The minimum absolute atomic E-state index is 0.0970. The third-order valence-corrected chi connectivity index (χ3v) is 8.36. The van der Waals surface area contributed by atoms with Crippen molar-refractivity contribution in [3.8, 4) is 5.75 Å². The van der Waals surface area contributed by atoms with Crippen molar-refractivity contribution in [3.05, 3.63) is 28.8 Å². The molecule has 1 radical (unpaired) electrons. The van der Waals surface area contributed by atoms with E-state index in [1.165, 1.54) is 30.4 Å². The number of phenolic OH excluding ortho intramolecular Hbond substituents is 1. The Balaban J connectivity index is 1.74. The van der Waals surface area contributed by atoms with Crippen LogP contribution in [0.15, 0.2) is 12.1 Å². The number of aryl methyl sites for hydroxylation is 1. The molecule has 2 nitrogen and oxygen atoms in total. The van der Waals surface area contributed by atoms with Gasteiger partial charge in [-0.1, -0.05) is 0 Å². The average Bonchev–Trinajstić information content (AvgIpc) is 2.87. The zero-order valence-electron chi connectivity index (χ0n) is 14.8. The van der Waals surface area contributed by atoms with E-state index >= 15 is 0 Å². The fourth-order valence-corrected chi connectivity index (χ4v) is 6.86. The molecule has 1 aromatic rings. The van der Waals surface area contributed by atoms with E-state index in [-0.39, 0.29) is 11.5 Å². The molecular weight excluding hydrogens is 363 g/mol. The van der Waals surface area contributed by atoms with Crippen LogP contribution in [0.2, 0.25) is 5.82 Å². The van der Waals surface area contributed by atoms with Crippen LogP contribution in [0, 0.1) is 17.3 Å². The van der Waals surface area contributed by atoms with Gasteiger partial charge in [0.2, 0.25) is 0 Å². The number of hydrogen-bond donors (Lipinski definition) is 2. The van der Waals surface area contributed by atoms with Gasteiger partial charge in [-0.15, -0.1) is 0 Å². The fourth-order valence-electron chi connectivity index (χ4n) is 6.13. The molecule has 0 spiro atoms. The van der Waals surface area contributed by atoms with Gasteiger partial charge >= 0.3 is 151 Å². The number of benzene rings is 1. The zero-order valence-corrected chi connectivity index (χ0v) is 16.5. The normalized spacial score (nSPS) is 38.0. The standard InChI is InChI=1S/C21H29O2Se/c1-21-9-7-17-16(18(21)5-6-19(21)23)4-3-13-11-15(22)12-14(20(13)17)8-10-24-2/h10-12,16-19,22-23H,3-9H2,1-2H3/t16-,17+,18+,19+,21+/m1/s1. The minimum atomic E-state index is -0.0970. The second-order valence-electron chi connectivity index (χ2n) is 8.34. The first-order chi connectivity index (χ1) is 11.5. The molecule has 2 fully saturated rings. The van der Waals surface area contributed by atoms with E-state index < -0.39 is 0 Å². The van der Waals surface area contributed by atoms with Gasteiger partial charge in [0.15, 0.2) is 0 Å². The van der Waals surface area contributed by atoms with E-state index in [9.17, 15) is 10.2 Å². The fraction of sp³-hybridized carbons (Fsp3) is 0.667. The van der Waals surface area contributed by atoms with E-state index in [2.05, 4.69) is 17.7 Å². The molecule has 131 valence electrons. The van der Waals surface area contributed by atoms with Crippen LogP contribution in [0.1, 0.15) is 61.6 Å². The van der Waals surface area contributed by atoms with E-state index in [1.54, 1.807) is 5.56 Å². The number of fused-ring (bicyclic) bond motifs is 5. The van der Waals surface area contributed by atoms with Crippen molar-refractivity contribution in [2.75, 3.05) is 0 Å². The Morgan fingerprint density at radius 3 is 2.88 bits per heavy atom. The first kappa shape index (κ1) is 16.8. The molecule has 3 heteroatoms. The van der Waals surface area contributed by atoms with Gasteiger partial charge < -0.3 is 0 Å². The predicted molar refractivity (Wildman–Crippen MR) is 100 cm³/mol. The van der Waals surface area contributed by atoms with Crippen LogP contribution < -0.4 is 0 Å². The molecule has 5 atom stereocenters. The number of hydrogen-bond acceptors (Lipinski definition) is 2. The second kappa shape index (κ2) is 6.27. The van der Waals surface area contributed by atoms with Gasteiger partial charge in [-0.2, -0.15) is 0 Å². The Labute approximate surface area is 151 Å². The number of aromatic hydroxyl groups is 1. The van der Waals surface area contributed by atoms with Crippen molar-refractivity contribution in [1.82, 2.24) is 0 Å². The number of phenols is 1. The third-order valence-electron chi connectivity index (χ3n) is 7.31. The maximum atomic E-state index is 10.5. The van der Waals surface area contributed by atoms with E-state index in [0.29, 0.717) is 32.1 Å². The monoisotopic (exact) mass is 393 g/mol. The molecule has 0 heterocycles. The molecule has 3 aliphatic rings. The second-order valence-corrected chi connectivity index (χ2v) is 10.0. The van der Waals surface area contributed by atoms with Crippen molar-refractivity contribution in [2.24, 2.45) is 17.3 Å². The summed E-state index contributed by atoms with van der Waals surface area (Å²) >= 11 is 0.563. The SMILES string of the molecule is C[Se]=CCc1cc(O)cc2c1[C@H]1CC[C@]3(C)[C@@H](O)CC[C@H]3[C@@H]1CC2. The molecule has 0 aliphatic heterocycles. The summed E-state index contributed by atoms with van der Waals surface area (Å²) in [7, 11) is 0. The maximum absolute atomic E-state index is 10.5. The Hall–Kier alpha value is -0.631. The van der Waals surface area contributed by atoms with Crippen molar-refractivity contribution >= 4 is 19.4 Å². The van der Waals surface area contributed by atoms with Gasteiger partial charge in [0.1, 0.15) is 0 Å². The molecule has 0 bridgehead atoms. The van der Waals surface area contributed by atoms with Crippen LogP contribution in [0.3, 0.4) is 0 Å². The number of aliphatic hydroxyl groups excluding tert-OH is 1. The summed E-state index contributed by atoms with van der Waals surface area (Å²) in [5.74, 6) is 4.74. The molecule has 2 N–H and O–H groups in total. The van der Waals surface area contributed by atoms with E-state index in [4.69, 9.17) is 0 Å². The summed E-state index contributed by atoms with van der Waals surface area (Å²) in [6, 6.07) is 4.03. The first-order valence-electron chi connectivity index (χ1n) is 9.42. The predicted octanol–water partition coefficient (Wildman–Crippen LogP) is 3.71. The van der Waals surface area contributed by atoms with Crippen LogP contribution in [0.4, 0.5) is 0 Å². The summed E-state index contributed by atoms with van der Waals surface area (Å²) < 4.78 is 0. The van der Waals surface area contributed by atoms with Crippen LogP contribution in [0.5, 0.6) is 5.75 Å². The van der Waals surface area contributed by atoms with Gasteiger partial charge in [0, 0.05) is 0 Å². The Morgan fingerprint density at radius 1 is 1.25 bits per heavy atom. The molecule has 0 amide bonds. The van der Waals surface area contributed by atoms with E-state index in [0.717, 1.165) is 31.6 Å². The van der Waals surface area contributed by atoms with Gasteiger partial charge in [-0.05, 0) is 0 Å². The van der Waals surface area contributed by atoms with Crippen LogP contribution >= 0.6 is 0 Å². The van der Waals surface area contributed by atoms with E-state index in [1.807, 2.05) is 12.1 Å². The van der Waals surface area contributed by atoms with Gasteiger partial charge in [-0.25, -0.2) is 0 Å². The molecule has 2 saturated carbocycles. The molecule has 0 unspecified atom stereocenters. The molecule has 4 rings (SSSR count). The van der Waals surface area contributed by atoms with Crippen molar-refractivity contribution in [1.29, 1.82) is 0 Å². The number of rotatable bonds is 2. The topological polar surface area (TPSA) is 40.5 Å². The van der Waals surface area contributed by atoms with Crippen LogP contribution in [0.25, 0.3) is 0 Å². The Morgan fingerprint density at radius 2 is 2.08 bits per heavy atom. The summed E-state index contributed by atoms with van der Waals surface area (Å²) in [6.07, 6.45) is 7.78. The molecule has 3 aliphatic carbocycles. The van der Waals surface area contributed by atoms with Crippen molar-refractivity contribution < 1.29 is 10.2 Å². The summed E-state index contributed by atoms with van der Waals surface area (Å²) in [5.41, 5.74) is 4.47. The van der Waals surface area contributed by atoms with Crippen molar-refractivity contribution in [2.45, 2.75) is 69.7 Å². The summed E-state index contributed by atoms with van der Waals surface area (Å²) in [6.45, 7) is 2.34. The number of aliphatic hydroxyl groups is 1. The van der Waals surface area contributed by atoms with Crippen LogP contribution in [-0.4, -0.2) is 35.8 Å². The Kier molecular flexibility index (Phi) is 4.39. The van der Waals surface area contributed by atoms with Gasteiger partial charge in [-0.3, -0.25) is 0 Å². The average molecular weight is 392 g/mol. The molecule has 24 heavy (non-hydrogen) atoms. The van der Waals surface area contributed by atoms with Crippen LogP contribution in [-0.2, 0) is 12.8 Å². The third kappa shape index (κ3) is 2.52. The molecule has 1 aromatic carbocycles. The quantitative estimate of drug-likeness (QED) is 0.754. The molecule has 0 saturated heterocycles. The zero-order chi connectivity index (χ0) is 16.9. The Bertz CT molecular complexity index is 668. The molecular formula is C21H29O2Se. The van der Waals surface area contributed by atoms with Crippen molar-refractivity contribution in [3.63, 3.8) is 0 Å². The molecule has 0 aromatic heterocycles. The van der Waals surface area contributed by atoms with Gasteiger partial charge in [0.25, 0.3) is 0 Å². The first-order valence-corrected chi connectivity index (χ1v) is 12.1. The summed E-state index contributed by atoms with van der Waals surface area (Å²) in [4.78, 5) is 2.39.